The second-order valence-electron chi connectivity index (χ2n) is 3.73. The summed E-state index contributed by atoms with van der Waals surface area (Å²) in [6.45, 7) is 4.38. The molecule has 0 radical (unpaired) electrons. The number of nitrogens with zero attached hydrogens (tertiary/aromatic N) is 1. The topological polar surface area (TPSA) is 24.4 Å². The molecule has 1 aliphatic heterocycles. The Morgan fingerprint density at radius 2 is 2.14 bits per heavy atom. The third kappa shape index (κ3) is 5.53. The molecule has 1 heterocycles. The zero-order chi connectivity index (χ0) is 10.1. The molecule has 14 heavy (non-hydrogen) atoms. The maximum absolute atomic E-state index is 4.43. The second-order valence-corrected chi connectivity index (χ2v) is 4.81. The minimum atomic E-state index is 1.02. The van der Waals surface area contributed by atoms with Gasteiger partial charge in [-0.2, -0.15) is 0 Å². The van der Waals surface area contributed by atoms with Crippen LogP contribution in [0.25, 0.3) is 0 Å². The van der Waals surface area contributed by atoms with Crippen molar-refractivity contribution >= 4 is 16.9 Å². The highest BCUT2D eigenvalue weighted by Crippen LogP contribution is 2.10. The van der Waals surface area contributed by atoms with Crippen molar-refractivity contribution in [2.75, 3.05) is 18.8 Å². The fraction of sp³-hybridized carbons (Fsp3) is 0.909. The molecule has 82 valence electrons. The van der Waals surface area contributed by atoms with Crippen LogP contribution in [0.2, 0.25) is 0 Å². The van der Waals surface area contributed by atoms with Crippen molar-refractivity contribution in [3.63, 3.8) is 0 Å². The summed E-state index contributed by atoms with van der Waals surface area (Å²) in [6.07, 6.45) is 7.99. The number of hydrogen-bond acceptors (Lipinski definition) is 3. The highest BCUT2D eigenvalue weighted by Gasteiger charge is 2.03. The Morgan fingerprint density at radius 3 is 2.86 bits per heavy atom. The van der Waals surface area contributed by atoms with Crippen molar-refractivity contribution in [1.82, 2.24) is 5.32 Å². The summed E-state index contributed by atoms with van der Waals surface area (Å²) in [7, 11) is 0. The highest BCUT2D eigenvalue weighted by molar-refractivity contribution is 8.13. The number of nitrogens with one attached hydrogen (secondary N) is 1. The molecule has 1 aliphatic rings. The summed E-state index contributed by atoms with van der Waals surface area (Å²) in [5.74, 6) is 1.24. The molecule has 1 rings (SSSR count). The lowest BCUT2D eigenvalue weighted by Crippen LogP contribution is -2.24. The van der Waals surface area contributed by atoms with Gasteiger partial charge in [0.15, 0.2) is 5.17 Å². The molecule has 3 heteroatoms. The lowest BCUT2D eigenvalue weighted by atomic mass is 10.1. The molecule has 0 unspecified atom stereocenters. The molecule has 1 N–H and O–H groups in total. The van der Waals surface area contributed by atoms with E-state index in [1.165, 1.54) is 49.4 Å². The number of aliphatic imine (C=N–C) groups is 1. The minimum absolute atomic E-state index is 1.02. The first kappa shape index (κ1) is 11.9. The zero-order valence-corrected chi connectivity index (χ0v) is 10.0. The average molecular weight is 214 g/mol. The van der Waals surface area contributed by atoms with Crippen LogP contribution in [0.4, 0.5) is 0 Å². The second kappa shape index (κ2) is 8.16. The predicted octanol–water partition coefficient (Wildman–Crippen LogP) is 3.04. The molecule has 0 amide bonds. The number of amidine groups is 1. The molecular weight excluding hydrogens is 192 g/mol. The first-order valence-electron chi connectivity index (χ1n) is 5.84. The Morgan fingerprint density at radius 1 is 1.29 bits per heavy atom. The standard InChI is InChI=1S/C11H22N2S/c1-2-3-4-5-6-8-12-11-13-9-7-10-14-11/h2-10H2,1H3,(H,12,13). The largest absolute Gasteiger partial charge is 0.365 e. The van der Waals surface area contributed by atoms with Gasteiger partial charge in [-0.3, -0.25) is 4.99 Å². The highest BCUT2D eigenvalue weighted by atomic mass is 32.2. The van der Waals surface area contributed by atoms with Gasteiger partial charge in [0.2, 0.25) is 0 Å². The molecular formula is C11H22N2S. The van der Waals surface area contributed by atoms with Crippen LogP contribution in [-0.2, 0) is 0 Å². The Kier molecular flexibility index (Phi) is 6.93. The van der Waals surface area contributed by atoms with E-state index in [1.54, 1.807) is 0 Å². The van der Waals surface area contributed by atoms with Crippen molar-refractivity contribution in [2.45, 2.75) is 45.4 Å². The monoisotopic (exact) mass is 214 g/mol. The Bertz CT molecular complexity index is 169. The Balaban J connectivity index is 1.90. The molecule has 0 aromatic rings. The number of thioether (sulfide) groups is 1. The van der Waals surface area contributed by atoms with Gasteiger partial charge in [-0.15, -0.1) is 0 Å². The third-order valence-corrected chi connectivity index (χ3v) is 3.39. The fourth-order valence-corrected chi connectivity index (χ4v) is 2.34. The van der Waals surface area contributed by atoms with Gasteiger partial charge in [-0.1, -0.05) is 44.4 Å². The van der Waals surface area contributed by atoms with Crippen molar-refractivity contribution in [1.29, 1.82) is 0 Å². The zero-order valence-electron chi connectivity index (χ0n) is 9.22. The van der Waals surface area contributed by atoms with Gasteiger partial charge in [0, 0.05) is 18.8 Å². The molecule has 0 bridgehead atoms. The summed E-state index contributed by atoms with van der Waals surface area (Å²) < 4.78 is 0. The normalized spacial score (nSPS) is 16.5. The van der Waals surface area contributed by atoms with Gasteiger partial charge in [0.25, 0.3) is 0 Å². The van der Waals surface area contributed by atoms with Gasteiger partial charge in [0.05, 0.1) is 0 Å². The van der Waals surface area contributed by atoms with E-state index < -0.39 is 0 Å². The van der Waals surface area contributed by atoms with Gasteiger partial charge in [-0.25, -0.2) is 0 Å². The van der Waals surface area contributed by atoms with Crippen LogP contribution in [0.3, 0.4) is 0 Å². The summed E-state index contributed by atoms with van der Waals surface area (Å²) in [5.41, 5.74) is 0. The fourth-order valence-electron chi connectivity index (χ4n) is 1.49. The van der Waals surface area contributed by atoms with Crippen LogP contribution < -0.4 is 5.32 Å². The Labute approximate surface area is 92.0 Å². The van der Waals surface area contributed by atoms with E-state index in [0.29, 0.717) is 0 Å². The van der Waals surface area contributed by atoms with Crippen molar-refractivity contribution in [3.05, 3.63) is 0 Å². The van der Waals surface area contributed by atoms with Gasteiger partial charge in [-0.05, 0) is 12.8 Å². The van der Waals surface area contributed by atoms with Crippen LogP contribution in [0.15, 0.2) is 4.99 Å². The molecule has 0 spiro atoms. The van der Waals surface area contributed by atoms with Crippen LogP contribution in [0, 0.1) is 0 Å². The van der Waals surface area contributed by atoms with Crippen LogP contribution in [-0.4, -0.2) is 24.0 Å². The van der Waals surface area contributed by atoms with Gasteiger partial charge >= 0.3 is 0 Å². The summed E-state index contributed by atoms with van der Waals surface area (Å²) in [4.78, 5) is 4.43. The molecule has 0 atom stereocenters. The van der Waals surface area contributed by atoms with Crippen molar-refractivity contribution in [2.24, 2.45) is 4.99 Å². The summed E-state index contributed by atoms with van der Waals surface area (Å²) >= 11 is 1.87. The maximum atomic E-state index is 4.43. The first-order valence-corrected chi connectivity index (χ1v) is 6.83. The summed E-state index contributed by atoms with van der Waals surface area (Å²) in [5, 5.41) is 4.58. The first-order chi connectivity index (χ1) is 6.93. The number of rotatable bonds is 6. The van der Waals surface area contributed by atoms with Crippen molar-refractivity contribution in [3.8, 4) is 0 Å². The molecule has 0 aliphatic carbocycles. The number of unbranched alkanes of at least 4 members (excludes halogenated alkanes) is 4. The SMILES string of the molecule is CCCCCCCNC1=NCCCS1. The van der Waals surface area contributed by atoms with Crippen LogP contribution >= 0.6 is 11.8 Å². The van der Waals surface area contributed by atoms with Gasteiger partial charge < -0.3 is 5.32 Å². The van der Waals surface area contributed by atoms with E-state index in [0.717, 1.165) is 13.1 Å². The van der Waals surface area contributed by atoms with Crippen molar-refractivity contribution < 1.29 is 0 Å². The maximum Gasteiger partial charge on any atom is 0.156 e. The molecule has 0 aromatic heterocycles. The summed E-state index contributed by atoms with van der Waals surface area (Å²) in [6, 6.07) is 0. The molecule has 0 aromatic carbocycles. The van der Waals surface area contributed by atoms with Crippen LogP contribution in [0.5, 0.6) is 0 Å². The van der Waals surface area contributed by atoms with E-state index in [-0.39, 0.29) is 0 Å². The molecule has 0 saturated carbocycles. The van der Waals surface area contributed by atoms with E-state index >= 15 is 0 Å². The quantitative estimate of drug-likeness (QED) is 0.687. The lowest BCUT2D eigenvalue weighted by Gasteiger charge is -2.12. The smallest absolute Gasteiger partial charge is 0.156 e. The van der Waals surface area contributed by atoms with E-state index in [1.807, 2.05) is 11.8 Å². The number of hydrogen-bond donors (Lipinski definition) is 1. The lowest BCUT2D eigenvalue weighted by molar-refractivity contribution is 0.625. The van der Waals surface area contributed by atoms with E-state index in [2.05, 4.69) is 17.2 Å². The average Bonchev–Trinajstić information content (AvgIpc) is 2.25. The minimum Gasteiger partial charge on any atom is -0.365 e. The Hall–Kier alpha value is -0.180. The molecule has 2 nitrogen and oxygen atoms in total. The van der Waals surface area contributed by atoms with E-state index in [9.17, 15) is 0 Å². The molecule has 0 saturated heterocycles. The van der Waals surface area contributed by atoms with Gasteiger partial charge in [0.1, 0.15) is 0 Å². The molecule has 0 fully saturated rings. The third-order valence-electron chi connectivity index (χ3n) is 2.35. The van der Waals surface area contributed by atoms with Crippen LogP contribution in [0.1, 0.15) is 45.4 Å². The predicted molar refractivity (Wildman–Crippen MR) is 66.1 cm³/mol. The van der Waals surface area contributed by atoms with E-state index in [4.69, 9.17) is 0 Å².